The maximum atomic E-state index is 15.9. The second-order valence-corrected chi connectivity index (χ2v) is 18.0. The lowest BCUT2D eigenvalue weighted by atomic mass is 9.95. The van der Waals surface area contributed by atoms with Gasteiger partial charge >= 0.3 is 6.18 Å². The molecule has 0 saturated heterocycles. The van der Waals surface area contributed by atoms with Crippen LogP contribution in [0.1, 0.15) is 16.7 Å². The van der Waals surface area contributed by atoms with E-state index in [-0.39, 0.29) is 22.5 Å². The van der Waals surface area contributed by atoms with Gasteiger partial charge in [-0.25, -0.2) is 19.9 Å². The number of benzene rings is 9. The van der Waals surface area contributed by atoms with E-state index in [0.717, 1.165) is 44.2 Å². The highest BCUT2D eigenvalue weighted by Gasteiger charge is 2.35. The Morgan fingerprint density at radius 3 is 1.09 bits per heavy atom. The summed E-state index contributed by atoms with van der Waals surface area (Å²) < 4.78 is 49.8. The van der Waals surface area contributed by atoms with Gasteiger partial charge in [0.25, 0.3) is 0 Å². The van der Waals surface area contributed by atoms with E-state index in [4.69, 9.17) is 19.9 Å². The molecule has 7 nitrogen and oxygen atoms in total. The molecule has 10 heteroatoms. The number of aromatic nitrogens is 5. The Bertz CT molecular complexity index is 3860. The van der Waals surface area contributed by atoms with Gasteiger partial charge in [0.1, 0.15) is 0 Å². The van der Waals surface area contributed by atoms with Crippen molar-refractivity contribution in [3.05, 3.63) is 247 Å². The molecule has 0 unspecified atom stereocenters. The summed E-state index contributed by atoms with van der Waals surface area (Å²) in [6.45, 7) is 0. The number of alkyl halides is 3. The van der Waals surface area contributed by atoms with Crippen molar-refractivity contribution in [2.45, 2.75) is 6.18 Å². The Labute approximate surface area is 429 Å². The van der Waals surface area contributed by atoms with Crippen molar-refractivity contribution in [2.75, 3.05) is 0 Å². The molecule has 0 amide bonds. The van der Waals surface area contributed by atoms with E-state index in [1.165, 1.54) is 12.1 Å². The number of hydrogen-bond donors (Lipinski definition) is 0. The third kappa shape index (κ3) is 8.84. The van der Waals surface area contributed by atoms with Gasteiger partial charge in [-0.3, -0.25) is 0 Å². The molecule has 0 radical (unpaired) electrons. The minimum Gasteiger partial charge on any atom is -0.308 e. The molecule has 9 aromatic carbocycles. The predicted molar refractivity (Wildman–Crippen MR) is 290 cm³/mol. The number of fused-ring (bicyclic) bond motifs is 3. The Morgan fingerprint density at radius 1 is 0.347 bits per heavy atom. The molecule has 0 fully saturated rings. The lowest BCUT2D eigenvalue weighted by Gasteiger charge is -2.22. The Morgan fingerprint density at radius 2 is 0.707 bits per heavy atom. The predicted octanol–water partition coefficient (Wildman–Crippen LogP) is 16.5. The second-order valence-electron chi connectivity index (χ2n) is 18.0. The molecular weight excluding hydrogens is 936 g/mol. The standard InChI is InChI=1S/C65H38F3N7/c66-65(67,68)51-35-54(58-37-56(43-17-5-1-6-18-43)71-63(73-58)45-21-9-3-10-22-45)62(55(36-51)59-38-57(44-19-7-2-8-20-44)72-64(74-59)46-23-11-4-12-24-46)75-60-29-27-49(47-25-13-15-41(31-47)39-69)33-52(60)53-34-50(28-30-61(53)75)48-26-14-16-42(32-48)40-70/h1-38H. The summed E-state index contributed by atoms with van der Waals surface area (Å²) in [5, 5.41) is 21.4. The van der Waals surface area contributed by atoms with E-state index in [2.05, 4.69) is 24.3 Å². The number of rotatable bonds is 9. The van der Waals surface area contributed by atoms with Crippen LogP contribution in [0.25, 0.3) is 118 Å². The molecule has 0 bridgehead atoms. The van der Waals surface area contributed by atoms with Gasteiger partial charge in [-0.1, -0.05) is 158 Å². The Hall–Kier alpha value is -10.3. The zero-order valence-electron chi connectivity index (χ0n) is 39.7. The van der Waals surface area contributed by atoms with E-state index in [1.54, 1.807) is 24.3 Å². The van der Waals surface area contributed by atoms with Gasteiger partial charge in [0, 0.05) is 44.2 Å². The zero-order valence-corrected chi connectivity index (χ0v) is 39.7. The molecule has 75 heavy (non-hydrogen) atoms. The molecule has 0 spiro atoms. The van der Waals surface area contributed by atoms with Gasteiger partial charge in [0.2, 0.25) is 0 Å². The highest BCUT2D eigenvalue weighted by molar-refractivity contribution is 6.13. The molecule has 0 aliphatic heterocycles. The van der Waals surface area contributed by atoms with E-state index >= 15 is 13.2 Å². The number of hydrogen-bond acceptors (Lipinski definition) is 6. The summed E-state index contributed by atoms with van der Waals surface area (Å²) in [5.41, 5.74) is 9.85. The fourth-order valence-electron chi connectivity index (χ4n) is 9.71. The van der Waals surface area contributed by atoms with Gasteiger partial charge in [-0.15, -0.1) is 0 Å². The first-order chi connectivity index (χ1) is 36.7. The quantitative estimate of drug-likeness (QED) is 0.143. The van der Waals surface area contributed by atoms with Crippen LogP contribution < -0.4 is 0 Å². The smallest absolute Gasteiger partial charge is 0.308 e. The third-order valence-electron chi connectivity index (χ3n) is 13.3. The first-order valence-electron chi connectivity index (χ1n) is 24.0. The van der Waals surface area contributed by atoms with Crippen molar-refractivity contribution in [1.82, 2.24) is 24.5 Å². The number of nitriles is 2. The molecule has 0 aliphatic rings. The highest BCUT2D eigenvalue weighted by Crippen LogP contribution is 2.47. The molecule has 0 N–H and O–H groups in total. The van der Waals surface area contributed by atoms with Crippen LogP contribution in [0.5, 0.6) is 0 Å². The zero-order chi connectivity index (χ0) is 51.0. The summed E-state index contributed by atoms with van der Waals surface area (Å²) in [4.78, 5) is 20.4. The Kier molecular flexibility index (Phi) is 11.6. The summed E-state index contributed by atoms with van der Waals surface area (Å²) in [7, 11) is 0. The minimum atomic E-state index is -4.82. The van der Waals surface area contributed by atoms with Gasteiger partial charge in [-0.05, 0) is 95.1 Å². The fraction of sp³-hybridized carbons (Fsp3) is 0.0154. The normalized spacial score (nSPS) is 11.4. The van der Waals surface area contributed by atoms with E-state index in [1.807, 2.05) is 187 Å². The van der Waals surface area contributed by atoms with Crippen molar-refractivity contribution in [3.8, 4) is 108 Å². The molecule has 3 heterocycles. The van der Waals surface area contributed by atoms with Gasteiger partial charge < -0.3 is 4.57 Å². The lowest BCUT2D eigenvalue weighted by Crippen LogP contribution is -2.10. The second kappa shape index (κ2) is 19.0. The van der Waals surface area contributed by atoms with E-state index < -0.39 is 11.7 Å². The van der Waals surface area contributed by atoms with E-state index in [0.29, 0.717) is 62.0 Å². The van der Waals surface area contributed by atoms with Crippen LogP contribution in [0.3, 0.4) is 0 Å². The van der Waals surface area contributed by atoms with Gasteiger partial charge in [-0.2, -0.15) is 23.7 Å². The van der Waals surface area contributed by atoms with Gasteiger partial charge in [0.05, 0.1) is 68.3 Å². The van der Waals surface area contributed by atoms with Crippen molar-refractivity contribution < 1.29 is 13.2 Å². The summed E-state index contributed by atoms with van der Waals surface area (Å²) in [5.74, 6) is 0.652. The first-order valence-corrected chi connectivity index (χ1v) is 24.0. The maximum Gasteiger partial charge on any atom is 0.416 e. The topological polar surface area (TPSA) is 104 Å². The molecule has 0 aliphatic carbocycles. The summed E-state index contributed by atoms with van der Waals surface area (Å²) >= 11 is 0. The molecule has 12 rings (SSSR count). The summed E-state index contributed by atoms with van der Waals surface area (Å²) in [6.07, 6.45) is -4.82. The van der Waals surface area contributed by atoms with Crippen molar-refractivity contribution in [2.24, 2.45) is 0 Å². The number of halogens is 3. The minimum absolute atomic E-state index is 0.174. The molecule has 12 aromatic rings. The molecule has 0 atom stereocenters. The number of nitrogens with zero attached hydrogens (tertiary/aromatic N) is 7. The van der Waals surface area contributed by atoms with Crippen LogP contribution in [-0.4, -0.2) is 24.5 Å². The molecular formula is C65H38F3N7. The third-order valence-corrected chi connectivity index (χ3v) is 13.3. The van der Waals surface area contributed by atoms with Crippen molar-refractivity contribution >= 4 is 21.8 Å². The highest BCUT2D eigenvalue weighted by atomic mass is 19.4. The average Bonchev–Trinajstić information content (AvgIpc) is 3.81. The van der Waals surface area contributed by atoms with Crippen LogP contribution in [0.4, 0.5) is 13.2 Å². The first kappa shape index (κ1) is 45.8. The van der Waals surface area contributed by atoms with Crippen molar-refractivity contribution in [1.29, 1.82) is 10.5 Å². The average molecular weight is 974 g/mol. The van der Waals surface area contributed by atoms with Gasteiger partial charge in [0.15, 0.2) is 11.6 Å². The van der Waals surface area contributed by atoms with Crippen LogP contribution in [-0.2, 0) is 6.18 Å². The molecule has 0 saturated carbocycles. The monoisotopic (exact) mass is 973 g/mol. The fourth-order valence-corrected chi connectivity index (χ4v) is 9.71. The van der Waals surface area contributed by atoms with Crippen LogP contribution >= 0.6 is 0 Å². The van der Waals surface area contributed by atoms with Crippen LogP contribution in [0.15, 0.2) is 231 Å². The van der Waals surface area contributed by atoms with Crippen LogP contribution in [0.2, 0.25) is 0 Å². The maximum absolute atomic E-state index is 15.9. The SMILES string of the molecule is N#Cc1cccc(-c2ccc3c(c2)c2cc(-c4cccc(C#N)c4)ccc2n3-c2c(-c3cc(-c4ccccc4)nc(-c4ccccc4)n3)cc(C(F)(F)F)cc2-c2cc(-c3ccccc3)nc(-c3ccccc3)n2)c1. The van der Waals surface area contributed by atoms with Crippen molar-refractivity contribution in [3.63, 3.8) is 0 Å². The molecule has 3 aromatic heterocycles. The lowest BCUT2D eigenvalue weighted by molar-refractivity contribution is -0.137. The Balaban J connectivity index is 1.25. The molecule has 354 valence electrons. The summed E-state index contributed by atoms with van der Waals surface area (Å²) in [6, 6.07) is 74.9. The largest absolute Gasteiger partial charge is 0.416 e. The van der Waals surface area contributed by atoms with E-state index in [9.17, 15) is 10.5 Å². The van der Waals surface area contributed by atoms with Crippen LogP contribution in [0, 0.1) is 22.7 Å².